The molecule has 0 aromatic carbocycles. The minimum atomic E-state index is -0.738. The molecule has 0 saturated carbocycles. The van der Waals surface area contributed by atoms with Gasteiger partial charge in [-0.05, 0) is 6.42 Å². The summed E-state index contributed by atoms with van der Waals surface area (Å²) < 4.78 is 9.18. The summed E-state index contributed by atoms with van der Waals surface area (Å²) >= 11 is 0. The minimum Gasteiger partial charge on any atom is -0.466 e. The molecule has 0 radical (unpaired) electrons. The SMILES string of the molecule is CCCC(OC(C)=O)C(=O)OC. The van der Waals surface area contributed by atoms with Gasteiger partial charge in [0.25, 0.3) is 0 Å². The van der Waals surface area contributed by atoms with Crippen LogP contribution in [0.5, 0.6) is 0 Å². The fourth-order valence-corrected chi connectivity index (χ4v) is 0.819. The fraction of sp³-hybridized carbons (Fsp3) is 0.750. The Morgan fingerprint density at radius 3 is 2.33 bits per heavy atom. The highest BCUT2D eigenvalue weighted by Gasteiger charge is 2.20. The van der Waals surface area contributed by atoms with Gasteiger partial charge in [0, 0.05) is 6.92 Å². The Hall–Kier alpha value is -1.06. The molecule has 0 N–H and O–H groups in total. The second-order valence-electron chi connectivity index (χ2n) is 2.41. The molecule has 0 aliphatic rings. The first-order valence-electron chi connectivity index (χ1n) is 3.86. The predicted octanol–water partition coefficient (Wildman–Crippen LogP) is 0.891. The molecule has 0 rings (SSSR count). The lowest BCUT2D eigenvalue weighted by atomic mass is 10.2. The molecule has 12 heavy (non-hydrogen) atoms. The van der Waals surface area contributed by atoms with Gasteiger partial charge in [-0.3, -0.25) is 4.79 Å². The molecule has 0 aliphatic heterocycles. The van der Waals surface area contributed by atoms with Gasteiger partial charge in [0.1, 0.15) is 0 Å². The third-order valence-corrected chi connectivity index (χ3v) is 1.32. The number of carbonyl (C=O) groups excluding carboxylic acids is 2. The molecule has 0 spiro atoms. The summed E-state index contributed by atoms with van der Waals surface area (Å²) in [6.45, 7) is 3.17. The second-order valence-corrected chi connectivity index (χ2v) is 2.41. The van der Waals surface area contributed by atoms with E-state index < -0.39 is 18.0 Å². The zero-order valence-corrected chi connectivity index (χ0v) is 7.62. The first-order chi connectivity index (χ1) is 5.61. The van der Waals surface area contributed by atoms with E-state index in [1.165, 1.54) is 14.0 Å². The van der Waals surface area contributed by atoms with Crippen molar-refractivity contribution in [2.75, 3.05) is 7.11 Å². The maximum Gasteiger partial charge on any atom is 0.347 e. The zero-order chi connectivity index (χ0) is 9.56. The van der Waals surface area contributed by atoms with Crippen LogP contribution in [-0.4, -0.2) is 25.2 Å². The standard InChI is InChI=1S/C8H14O4/c1-4-5-7(8(10)11-3)12-6(2)9/h7H,4-5H2,1-3H3. The number of carbonyl (C=O) groups is 2. The van der Waals surface area contributed by atoms with Crippen LogP contribution in [0.25, 0.3) is 0 Å². The van der Waals surface area contributed by atoms with E-state index in [2.05, 4.69) is 4.74 Å². The first-order valence-corrected chi connectivity index (χ1v) is 3.86. The quantitative estimate of drug-likeness (QED) is 0.594. The highest BCUT2D eigenvalue weighted by atomic mass is 16.6. The molecule has 0 heterocycles. The van der Waals surface area contributed by atoms with Gasteiger partial charge in [-0.15, -0.1) is 0 Å². The topological polar surface area (TPSA) is 52.6 Å². The van der Waals surface area contributed by atoms with Crippen molar-refractivity contribution >= 4 is 11.9 Å². The van der Waals surface area contributed by atoms with Gasteiger partial charge in [0.15, 0.2) is 6.10 Å². The van der Waals surface area contributed by atoms with E-state index in [9.17, 15) is 9.59 Å². The average molecular weight is 174 g/mol. The minimum absolute atomic E-state index is 0.459. The van der Waals surface area contributed by atoms with Gasteiger partial charge in [-0.2, -0.15) is 0 Å². The van der Waals surface area contributed by atoms with E-state index in [1.807, 2.05) is 6.92 Å². The van der Waals surface area contributed by atoms with Crippen molar-refractivity contribution in [3.05, 3.63) is 0 Å². The monoisotopic (exact) mass is 174 g/mol. The molecule has 0 aromatic rings. The van der Waals surface area contributed by atoms with Crippen molar-refractivity contribution < 1.29 is 19.1 Å². The third kappa shape index (κ3) is 3.95. The van der Waals surface area contributed by atoms with Crippen molar-refractivity contribution in [1.29, 1.82) is 0 Å². The molecule has 0 bridgehead atoms. The molecule has 70 valence electrons. The summed E-state index contributed by atoms with van der Waals surface area (Å²) in [6.07, 6.45) is 0.539. The van der Waals surface area contributed by atoms with Gasteiger partial charge >= 0.3 is 11.9 Å². The van der Waals surface area contributed by atoms with E-state index in [0.29, 0.717) is 6.42 Å². The Labute approximate surface area is 71.8 Å². The predicted molar refractivity (Wildman–Crippen MR) is 42.5 cm³/mol. The van der Waals surface area contributed by atoms with Crippen molar-refractivity contribution in [2.24, 2.45) is 0 Å². The van der Waals surface area contributed by atoms with E-state index in [4.69, 9.17) is 4.74 Å². The Bertz CT molecular complexity index is 164. The van der Waals surface area contributed by atoms with Crippen LogP contribution >= 0.6 is 0 Å². The van der Waals surface area contributed by atoms with E-state index >= 15 is 0 Å². The van der Waals surface area contributed by atoms with Crippen LogP contribution in [0.3, 0.4) is 0 Å². The van der Waals surface area contributed by atoms with Crippen LogP contribution in [0.4, 0.5) is 0 Å². The molecule has 0 aliphatic carbocycles. The molecular formula is C8H14O4. The summed E-state index contributed by atoms with van der Waals surface area (Å²) in [7, 11) is 1.27. The largest absolute Gasteiger partial charge is 0.466 e. The molecule has 0 aromatic heterocycles. The van der Waals surface area contributed by atoms with Crippen molar-refractivity contribution in [2.45, 2.75) is 32.8 Å². The number of esters is 2. The van der Waals surface area contributed by atoms with Crippen molar-refractivity contribution in [1.82, 2.24) is 0 Å². The molecular weight excluding hydrogens is 160 g/mol. The Kier molecular flexibility index (Phi) is 5.08. The van der Waals surface area contributed by atoms with Crippen LogP contribution in [0.15, 0.2) is 0 Å². The number of methoxy groups -OCH3 is 1. The lowest BCUT2D eigenvalue weighted by Crippen LogP contribution is -2.27. The fourth-order valence-electron chi connectivity index (χ4n) is 0.819. The highest BCUT2D eigenvalue weighted by molar-refractivity contribution is 5.78. The van der Waals surface area contributed by atoms with Crippen molar-refractivity contribution in [3.63, 3.8) is 0 Å². The zero-order valence-electron chi connectivity index (χ0n) is 7.62. The Morgan fingerprint density at radius 2 is 2.00 bits per heavy atom. The summed E-state index contributed by atoms with van der Waals surface area (Å²) in [5, 5.41) is 0. The van der Waals surface area contributed by atoms with Gasteiger partial charge < -0.3 is 9.47 Å². The lowest BCUT2D eigenvalue weighted by molar-refractivity contribution is -0.165. The maximum absolute atomic E-state index is 10.9. The normalized spacial score (nSPS) is 11.9. The second kappa shape index (κ2) is 5.57. The van der Waals surface area contributed by atoms with Crippen LogP contribution < -0.4 is 0 Å². The van der Waals surface area contributed by atoms with Crippen LogP contribution in [0, 0.1) is 0 Å². The molecule has 1 atom stereocenters. The molecule has 4 nitrogen and oxygen atoms in total. The van der Waals surface area contributed by atoms with Gasteiger partial charge in [0.2, 0.25) is 0 Å². The van der Waals surface area contributed by atoms with Gasteiger partial charge in [-0.1, -0.05) is 13.3 Å². The molecule has 0 amide bonds. The van der Waals surface area contributed by atoms with E-state index in [1.54, 1.807) is 0 Å². The van der Waals surface area contributed by atoms with Crippen LogP contribution in [0.1, 0.15) is 26.7 Å². The van der Waals surface area contributed by atoms with E-state index in [-0.39, 0.29) is 0 Å². The summed E-state index contributed by atoms with van der Waals surface area (Å²) in [5.74, 6) is -0.953. The number of hydrogen-bond donors (Lipinski definition) is 0. The molecule has 0 fully saturated rings. The third-order valence-electron chi connectivity index (χ3n) is 1.32. The molecule has 0 saturated heterocycles. The molecule has 4 heteroatoms. The smallest absolute Gasteiger partial charge is 0.347 e. The number of hydrogen-bond acceptors (Lipinski definition) is 4. The van der Waals surface area contributed by atoms with Gasteiger partial charge in [-0.25, -0.2) is 4.79 Å². The molecule has 1 unspecified atom stereocenters. The van der Waals surface area contributed by atoms with Crippen LogP contribution in [-0.2, 0) is 19.1 Å². The average Bonchev–Trinajstić information content (AvgIpc) is 2.01. The number of rotatable bonds is 4. The van der Waals surface area contributed by atoms with Crippen LogP contribution in [0.2, 0.25) is 0 Å². The first kappa shape index (κ1) is 10.9. The highest BCUT2D eigenvalue weighted by Crippen LogP contribution is 2.04. The summed E-state index contributed by atoms with van der Waals surface area (Å²) in [5.41, 5.74) is 0. The van der Waals surface area contributed by atoms with Gasteiger partial charge in [0.05, 0.1) is 7.11 Å². The Balaban J connectivity index is 4.02. The Morgan fingerprint density at radius 1 is 1.42 bits per heavy atom. The van der Waals surface area contributed by atoms with Crippen molar-refractivity contribution in [3.8, 4) is 0 Å². The summed E-state index contributed by atoms with van der Waals surface area (Å²) in [4.78, 5) is 21.5. The lowest BCUT2D eigenvalue weighted by Gasteiger charge is -2.12. The number of ether oxygens (including phenoxy) is 2. The van der Waals surface area contributed by atoms with E-state index in [0.717, 1.165) is 6.42 Å². The maximum atomic E-state index is 10.9. The summed E-state index contributed by atoms with van der Waals surface area (Å²) in [6, 6.07) is 0.